The van der Waals surface area contributed by atoms with Crippen LogP contribution in [0.5, 0.6) is 0 Å². The molecule has 1 fully saturated rings. The van der Waals surface area contributed by atoms with E-state index in [9.17, 15) is 12.8 Å². The third-order valence-electron chi connectivity index (χ3n) is 5.16. The summed E-state index contributed by atoms with van der Waals surface area (Å²) in [5, 5.41) is 0.898. The van der Waals surface area contributed by atoms with Gasteiger partial charge in [0.2, 0.25) is 10.0 Å². The highest BCUT2D eigenvalue weighted by atomic mass is 32.2. The van der Waals surface area contributed by atoms with E-state index in [1.807, 2.05) is 24.3 Å². The number of nitrogens with zero attached hydrogens (tertiary/aromatic N) is 1. The summed E-state index contributed by atoms with van der Waals surface area (Å²) < 4.78 is 47.9. The third-order valence-corrected chi connectivity index (χ3v) is 6.55. The fraction of sp³-hybridized carbons (Fsp3) is 0.286. The molecule has 7 heteroatoms. The summed E-state index contributed by atoms with van der Waals surface area (Å²) in [6.45, 7) is 0.880. The molecule has 1 aliphatic rings. The van der Waals surface area contributed by atoms with Crippen LogP contribution in [0.25, 0.3) is 10.9 Å². The van der Waals surface area contributed by atoms with Crippen LogP contribution in [0.15, 0.2) is 60.8 Å². The molecule has 0 saturated carbocycles. The largest absolute Gasteiger partial charge is 0.381 e. The average Bonchev–Trinajstić information content (AvgIpc) is 2.69. The molecule has 2 aromatic carbocycles. The lowest BCUT2D eigenvalue weighted by Gasteiger charge is -2.38. The number of hydrogen-bond acceptors (Lipinski definition) is 4. The monoisotopic (exact) mass is 400 g/mol. The lowest BCUT2D eigenvalue weighted by molar-refractivity contribution is 0.0459. The highest BCUT2D eigenvalue weighted by Crippen LogP contribution is 2.33. The second kappa shape index (κ2) is 7.58. The second-order valence-corrected chi connectivity index (χ2v) is 8.78. The Labute approximate surface area is 163 Å². The number of rotatable bonds is 5. The minimum absolute atomic E-state index is 0.175. The maximum atomic E-state index is 13.4. The fourth-order valence-electron chi connectivity index (χ4n) is 3.76. The topological polar surface area (TPSA) is 68.3 Å². The molecular weight excluding hydrogens is 379 g/mol. The van der Waals surface area contributed by atoms with Crippen LogP contribution in [0.3, 0.4) is 0 Å². The number of nitrogens with one attached hydrogen (secondary N) is 1. The third kappa shape index (κ3) is 3.92. The summed E-state index contributed by atoms with van der Waals surface area (Å²) in [6.07, 6.45) is 2.64. The Morgan fingerprint density at radius 3 is 2.50 bits per heavy atom. The smallest absolute Gasteiger partial charge is 0.216 e. The van der Waals surface area contributed by atoms with E-state index in [1.54, 1.807) is 24.4 Å². The van der Waals surface area contributed by atoms with Crippen molar-refractivity contribution in [2.45, 2.75) is 24.1 Å². The van der Waals surface area contributed by atoms with Crippen LogP contribution in [-0.2, 0) is 26.1 Å². The molecule has 4 rings (SSSR count). The van der Waals surface area contributed by atoms with Crippen molar-refractivity contribution in [1.29, 1.82) is 0 Å². The molecule has 1 saturated heterocycles. The Kier molecular flexibility index (Phi) is 5.14. The Bertz CT molecular complexity index is 1070. The van der Waals surface area contributed by atoms with Gasteiger partial charge >= 0.3 is 0 Å². The predicted molar refractivity (Wildman–Crippen MR) is 106 cm³/mol. The van der Waals surface area contributed by atoms with Crippen LogP contribution < -0.4 is 4.72 Å². The summed E-state index contributed by atoms with van der Waals surface area (Å²) >= 11 is 0. The summed E-state index contributed by atoms with van der Waals surface area (Å²) in [7, 11) is -3.68. The number of para-hydroxylation sites is 1. The number of benzene rings is 2. The van der Waals surface area contributed by atoms with Gasteiger partial charge in [-0.05, 0) is 42.2 Å². The zero-order chi connectivity index (χ0) is 19.6. The van der Waals surface area contributed by atoms with Crippen molar-refractivity contribution in [3.05, 3.63) is 77.7 Å². The van der Waals surface area contributed by atoms with Gasteiger partial charge in [-0.1, -0.05) is 36.4 Å². The first kappa shape index (κ1) is 19.0. The first-order valence-corrected chi connectivity index (χ1v) is 10.8. The van der Waals surface area contributed by atoms with Crippen molar-refractivity contribution in [1.82, 2.24) is 9.71 Å². The van der Waals surface area contributed by atoms with E-state index in [4.69, 9.17) is 4.74 Å². The number of halogens is 1. The van der Waals surface area contributed by atoms with Gasteiger partial charge in [0.1, 0.15) is 5.82 Å². The predicted octanol–water partition coefficient (Wildman–Crippen LogP) is 3.50. The summed E-state index contributed by atoms with van der Waals surface area (Å²) in [6, 6.07) is 15.2. The van der Waals surface area contributed by atoms with Crippen molar-refractivity contribution in [2.24, 2.45) is 0 Å². The molecule has 1 N–H and O–H groups in total. The number of sulfonamides is 1. The maximum Gasteiger partial charge on any atom is 0.216 e. The van der Waals surface area contributed by atoms with E-state index in [0.29, 0.717) is 37.1 Å². The van der Waals surface area contributed by atoms with E-state index in [2.05, 4.69) is 9.71 Å². The molecule has 0 radical (unpaired) electrons. The second-order valence-electron chi connectivity index (χ2n) is 7.05. The van der Waals surface area contributed by atoms with Crippen molar-refractivity contribution < 1.29 is 17.5 Å². The van der Waals surface area contributed by atoms with Gasteiger partial charge in [-0.15, -0.1) is 0 Å². The molecule has 0 bridgehead atoms. The van der Waals surface area contributed by atoms with Crippen LogP contribution in [0.4, 0.5) is 4.39 Å². The molecule has 146 valence electrons. The van der Waals surface area contributed by atoms with E-state index in [1.165, 1.54) is 12.1 Å². The lowest BCUT2D eigenvalue weighted by Crippen LogP contribution is -2.49. The van der Waals surface area contributed by atoms with Crippen LogP contribution in [0.2, 0.25) is 0 Å². The van der Waals surface area contributed by atoms with Crippen LogP contribution >= 0.6 is 0 Å². The minimum Gasteiger partial charge on any atom is -0.381 e. The van der Waals surface area contributed by atoms with Crippen LogP contribution in [0, 0.1) is 5.82 Å². The molecule has 0 aliphatic carbocycles. The lowest BCUT2D eigenvalue weighted by atomic mass is 9.84. The summed E-state index contributed by atoms with van der Waals surface area (Å²) in [4.78, 5) is 4.34. The zero-order valence-electron chi connectivity index (χ0n) is 15.3. The first-order chi connectivity index (χ1) is 13.5. The van der Waals surface area contributed by atoms with Gasteiger partial charge < -0.3 is 4.74 Å². The van der Waals surface area contributed by atoms with Gasteiger partial charge in [-0.25, -0.2) is 17.5 Å². The summed E-state index contributed by atoms with van der Waals surface area (Å²) in [5.41, 5.74) is 1.27. The summed E-state index contributed by atoms with van der Waals surface area (Å²) in [5.74, 6) is -0.527. The first-order valence-electron chi connectivity index (χ1n) is 9.16. The van der Waals surface area contributed by atoms with E-state index in [-0.39, 0.29) is 11.6 Å². The minimum atomic E-state index is -3.68. The normalized spacial score (nSPS) is 16.9. The highest BCUT2D eigenvalue weighted by Gasteiger charge is 2.38. The molecule has 0 unspecified atom stereocenters. The number of fused-ring (bicyclic) bond motifs is 1. The number of ether oxygens (including phenoxy) is 1. The average molecular weight is 400 g/mol. The van der Waals surface area contributed by atoms with Gasteiger partial charge in [0.15, 0.2) is 0 Å². The molecule has 3 aromatic rings. The van der Waals surface area contributed by atoms with Gasteiger partial charge in [0, 0.05) is 24.8 Å². The van der Waals surface area contributed by atoms with Crippen molar-refractivity contribution in [3.63, 3.8) is 0 Å². The van der Waals surface area contributed by atoms with E-state index in [0.717, 1.165) is 10.9 Å². The molecule has 0 spiro atoms. The van der Waals surface area contributed by atoms with Gasteiger partial charge in [-0.2, -0.15) is 0 Å². The Hall–Kier alpha value is -2.35. The van der Waals surface area contributed by atoms with Gasteiger partial charge in [0.05, 0.1) is 16.8 Å². The van der Waals surface area contributed by atoms with Gasteiger partial charge in [0.25, 0.3) is 0 Å². The van der Waals surface area contributed by atoms with E-state index >= 15 is 0 Å². The van der Waals surface area contributed by atoms with Crippen molar-refractivity contribution in [2.75, 3.05) is 13.2 Å². The molecule has 2 heterocycles. The van der Waals surface area contributed by atoms with Crippen molar-refractivity contribution >= 4 is 20.9 Å². The Balaban J connectivity index is 1.66. The van der Waals surface area contributed by atoms with Crippen LogP contribution in [0.1, 0.15) is 24.0 Å². The maximum absolute atomic E-state index is 13.4. The standard InChI is InChI=1S/C21H21FN2O3S/c22-19-8-6-18(7-9-19)21(10-13-27-14-11-21)24-28(25,26)15-17-4-1-3-16-5-2-12-23-20(16)17/h1-9,12,24H,10-11,13-15H2. The SMILES string of the molecule is O=S(=O)(Cc1cccc2cccnc12)NC1(c2ccc(F)cc2)CCOCC1. The molecule has 1 aliphatic heterocycles. The highest BCUT2D eigenvalue weighted by molar-refractivity contribution is 7.88. The molecule has 1 aromatic heterocycles. The molecular formula is C21H21FN2O3S. The molecule has 0 amide bonds. The molecule has 5 nitrogen and oxygen atoms in total. The Morgan fingerprint density at radius 1 is 1.04 bits per heavy atom. The fourth-order valence-corrected chi connectivity index (χ4v) is 5.39. The number of pyridine rings is 1. The number of hydrogen-bond donors (Lipinski definition) is 1. The zero-order valence-corrected chi connectivity index (χ0v) is 16.1. The quantitative estimate of drug-likeness (QED) is 0.712. The van der Waals surface area contributed by atoms with Gasteiger partial charge in [-0.3, -0.25) is 4.98 Å². The Morgan fingerprint density at radius 2 is 1.75 bits per heavy atom. The van der Waals surface area contributed by atoms with Crippen molar-refractivity contribution in [3.8, 4) is 0 Å². The van der Waals surface area contributed by atoms with Crippen LogP contribution in [-0.4, -0.2) is 26.6 Å². The number of aromatic nitrogens is 1. The molecule has 0 atom stereocenters. The van der Waals surface area contributed by atoms with E-state index < -0.39 is 15.6 Å². The molecule has 28 heavy (non-hydrogen) atoms.